The maximum absolute atomic E-state index is 2.48. The summed E-state index contributed by atoms with van der Waals surface area (Å²) < 4.78 is 2.83. The van der Waals surface area contributed by atoms with Crippen LogP contribution >= 0.6 is 11.3 Å². The lowest BCUT2D eigenvalue weighted by atomic mass is 9.85. The molecule has 2 aliphatic rings. The van der Waals surface area contributed by atoms with Gasteiger partial charge in [0.2, 0.25) is 0 Å². The molecule has 1 heteroatoms. The van der Waals surface area contributed by atoms with Crippen molar-refractivity contribution in [2.24, 2.45) is 0 Å². The third kappa shape index (κ3) is 3.96. The number of benzene rings is 6. The summed E-state index contributed by atoms with van der Waals surface area (Å²) >= 11 is 1.95. The van der Waals surface area contributed by atoms with E-state index in [1.165, 1.54) is 85.2 Å². The average molecular weight is 567 g/mol. The molecule has 0 unspecified atom stereocenters. The van der Waals surface area contributed by atoms with E-state index in [2.05, 4.69) is 133 Å². The highest BCUT2D eigenvalue weighted by atomic mass is 32.1. The van der Waals surface area contributed by atoms with E-state index in [-0.39, 0.29) is 0 Å². The topological polar surface area (TPSA) is 0 Å². The van der Waals surface area contributed by atoms with Crippen LogP contribution in [0.25, 0.3) is 89.3 Å². The Morgan fingerprint density at radius 2 is 1.02 bits per heavy atom. The second-order valence-corrected chi connectivity index (χ2v) is 12.9. The van der Waals surface area contributed by atoms with Gasteiger partial charge in [0, 0.05) is 14.6 Å². The fraction of sp³-hybridized carbons (Fsp3) is 0.0952. The third-order valence-corrected chi connectivity index (χ3v) is 10.5. The standard InChI is InChI=1S/C42H30S/c1-2-12-28-25-31(24-23-27(28)11-1)41-36-18-5-3-16-34(36)40(35-17-4-6-19-37(35)41)30-14-9-13-29(26-30)32-20-10-21-38-33-15-7-8-22-39(33)43-42(32)38/h1-3,5,9-26H,4,6-8H2. The van der Waals surface area contributed by atoms with E-state index in [0.717, 1.165) is 25.7 Å². The van der Waals surface area contributed by atoms with E-state index >= 15 is 0 Å². The summed E-state index contributed by atoms with van der Waals surface area (Å²) in [4.78, 5) is 0. The van der Waals surface area contributed by atoms with Crippen molar-refractivity contribution in [3.05, 3.63) is 129 Å². The van der Waals surface area contributed by atoms with Gasteiger partial charge in [0.25, 0.3) is 0 Å². The van der Waals surface area contributed by atoms with Gasteiger partial charge in [-0.3, -0.25) is 0 Å². The lowest BCUT2D eigenvalue weighted by Crippen LogP contribution is -2.31. The molecule has 0 atom stereocenters. The van der Waals surface area contributed by atoms with Crippen LogP contribution in [0.15, 0.2) is 109 Å². The van der Waals surface area contributed by atoms with Crippen LogP contribution in [0, 0.1) is 0 Å². The molecule has 1 aromatic heterocycles. The molecule has 0 nitrogen and oxygen atoms in total. The molecular weight excluding hydrogens is 537 g/mol. The van der Waals surface area contributed by atoms with Crippen molar-refractivity contribution in [3.63, 3.8) is 0 Å². The van der Waals surface area contributed by atoms with Crippen LogP contribution in [0.1, 0.15) is 25.7 Å². The second kappa shape index (κ2) is 9.93. The Morgan fingerprint density at radius 3 is 1.81 bits per heavy atom. The molecule has 6 aromatic carbocycles. The molecule has 0 fully saturated rings. The molecule has 0 radical (unpaired) electrons. The Bertz CT molecular complexity index is 2510. The summed E-state index contributed by atoms with van der Waals surface area (Å²) in [6.45, 7) is 0. The molecule has 0 saturated heterocycles. The Hall–Kier alpha value is -4.72. The molecule has 0 N–H and O–H groups in total. The Balaban J connectivity index is 1.31. The van der Waals surface area contributed by atoms with Crippen LogP contribution in [0.4, 0.5) is 0 Å². The zero-order valence-electron chi connectivity index (χ0n) is 23.9. The van der Waals surface area contributed by atoms with Gasteiger partial charge in [-0.1, -0.05) is 121 Å². The Labute approximate surface area is 254 Å². The molecule has 43 heavy (non-hydrogen) atoms. The van der Waals surface area contributed by atoms with Crippen molar-refractivity contribution in [3.8, 4) is 33.4 Å². The monoisotopic (exact) mass is 566 g/mol. The second-order valence-electron chi connectivity index (χ2n) is 11.8. The summed E-state index contributed by atoms with van der Waals surface area (Å²) in [6, 6.07) is 40.8. The number of hydrogen-bond donors (Lipinski definition) is 0. The fourth-order valence-electron chi connectivity index (χ4n) is 7.36. The highest BCUT2D eigenvalue weighted by molar-refractivity contribution is 7.17. The minimum absolute atomic E-state index is 1.07. The quantitative estimate of drug-likeness (QED) is 0.200. The largest absolute Gasteiger partial charge is 0.135 e. The molecule has 7 aromatic rings. The normalized spacial score (nSPS) is 14.0. The van der Waals surface area contributed by atoms with Crippen LogP contribution < -0.4 is 20.2 Å². The van der Waals surface area contributed by atoms with Gasteiger partial charge < -0.3 is 0 Å². The van der Waals surface area contributed by atoms with Gasteiger partial charge in [-0.25, -0.2) is 0 Å². The maximum atomic E-state index is 2.48. The van der Waals surface area contributed by atoms with Crippen LogP contribution in [0.2, 0.25) is 0 Å². The molecule has 0 spiro atoms. The van der Waals surface area contributed by atoms with Crippen molar-refractivity contribution in [2.75, 3.05) is 0 Å². The maximum Gasteiger partial charge on any atom is 0.0433 e. The van der Waals surface area contributed by atoms with Crippen LogP contribution in [0.3, 0.4) is 0 Å². The highest BCUT2D eigenvalue weighted by Gasteiger charge is 2.17. The predicted molar refractivity (Wildman–Crippen MR) is 188 cm³/mol. The molecule has 1 heterocycles. The lowest BCUT2D eigenvalue weighted by Gasteiger charge is -2.18. The summed E-state index contributed by atoms with van der Waals surface area (Å²) in [5.74, 6) is 0. The van der Waals surface area contributed by atoms with E-state index in [1.807, 2.05) is 11.3 Å². The van der Waals surface area contributed by atoms with E-state index < -0.39 is 0 Å². The van der Waals surface area contributed by atoms with Crippen molar-refractivity contribution in [1.29, 1.82) is 0 Å². The van der Waals surface area contributed by atoms with Gasteiger partial charge in [0.15, 0.2) is 0 Å². The van der Waals surface area contributed by atoms with Gasteiger partial charge in [-0.15, -0.1) is 11.3 Å². The molecule has 0 bridgehead atoms. The minimum atomic E-state index is 1.07. The number of fused-ring (bicyclic) bond motifs is 6. The predicted octanol–water partition coefficient (Wildman–Crippen LogP) is 8.92. The van der Waals surface area contributed by atoms with Gasteiger partial charge in [0.05, 0.1) is 0 Å². The first-order valence-electron chi connectivity index (χ1n) is 15.4. The minimum Gasteiger partial charge on any atom is -0.135 e. The molecule has 0 saturated carbocycles. The first-order chi connectivity index (χ1) is 21.3. The van der Waals surface area contributed by atoms with E-state index in [9.17, 15) is 0 Å². The SMILES string of the molecule is C1=c2sc3c(-c4cccc(-c5c6c(c(-c7ccc8ccccc8c7)c7ccccc57)=CCCC=6)c4)cccc3c2=CCC1. The van der Waals surface area contributed by atoms with Gasteiger partial charge in [0.1, 0.15) is 0 Å². The summed E-state index contributed by atoms with van der Waals surface area (Å²) in [7, 11) is 0. The summed E-state index contributed by atoms with van der Waals surface area (Å²) in [6.07, 6.45) is 14.2. The first kappa shape index (κ1) is 24.8. The molecule has 0 amide bonds. The van der Waals surface area contributed by atoms with Crippen LogP contribution in [0.5, 0.6) is 0 Å². The van der Waals surface area contributed by atoms with Crippen molar-refractivity contribution < 1.29 is 0 Å². The van der Waals surface area contributed by atoms with Crippen molar-refractivity contribution in [1.82, 2.24) is 0 Å². The molecule has 9 rings (SSSR count). The van der Waals surface area contributed by atoms with Gasteiger partial charge >= 0.3 is 0 Å². The molecular formula is C42H30S. The number of thiophene rings is 1. The first-order valence-corrected chi connectivity index (χ1v) is 16.2. The molecule has 2 aliphatic carbocycles. The van der Waals surface area contributed by atoms with Gasteiger partial charge in [-0.2, -0.15) is 0 Å². The smallest absolute Gasteiger partial charge is 0.0433 e. The number of hydrogen-bond acceptors (Lipinski definition) is 1. The summed E-state index contributed by atoms with van der Waals surface area (Å²) in [5.41, 5.74) is 7.92. The third-order valence-electron chi connectivity index (χ3n) is 9.29. The Kier molecular flexibility index (Phi) is 5.74. The van der Waals surface area contributed by atoms with Gasteiger partial charge in [-0.05, 0) is 108 Å². The number of rotatable bonds is 3. The fourth-order valence-corrected chi connectivity index (χ4v) is 8.66. The zero-order valence-corrected chi connectivity index (χ0v) is 24.8. The van der Waals surface area contributed by atoms with Crippen LogP contribution in [-0.4, -0.2) is 0 Å². The highest BCUT2D eigenvalue weighted by Crippen LogP contribution is 2.36. The van der Waals surface area contributed by atoms with E-state index in [1.54, 1.807) is 0 Å². The van der Waals surface area contributed by atoms with Crippen molar-refractivity contribution in [2.45, 2.75) is 25.7 Å². The average Bonchev–Trinajstić information content (AvgIpc) is 3.46. The zero-order chi connectivity index (χ0) is 28.3. The van der Waals surface area contributed by atoms with Crippen molar-refractivity contribution >= 4 is 67.3 Å². The van der Waals surface area contributed by atoms with E-state index in [4.69, 9.17) is 0 Å². The molecule has 0 aliphatic heterocycles. The molecule has 204 valence electrons. The van der Waals surface area contributed by atoms with E-state index in [0.29, 0.717) is 0 Å². The summed E-state index contributed by atoms with van der Waals surface area (Å²) in [5, 5.41) is 10.8. The lowest BCUT2D eigenvalue weighted by molar-refractivity contribution is 1.12. The van der Waals surface area contributed by atoms with Crippen LogP contribution in [-0.2, 0) is 0 Å². The Morgan fingerprint density at radius 1 is 0.419 bits per heavy atom.